The molecule has 0 bridgehead atoms. The Morgan fingerprint density at radius 1 is 1.00 bits per heavy atom. The molecule has 4 rings (SSSR count). The van der Waals surface area contributed by atoms with E-state index in [1.807, 2.05) is 30.3 Å². The zero-order valence-electron chi connectivity index (χ0n) is 16.1. The number of carbonyl (C=O) groups is 2. The molecule has 1 saturated heterocycles. The SMILES string of the molecule is O=C(Nc1ccccc1C(F)(F)F)N1CCC2(CC1)CC(c1ccccc1)=NC2=O. The van der Waals surface area contributed by atoms with Gasteiger partial charge in [-0.05, 0) is 30.5 Å². The van der Waals surface area contributed by atoms with Gasteiger partial charge in [-0.3, -0.25) is 4.79 Å². The fourth-order valence-electron chi connectivity index (χ4n) is 4.04. The highest BCUT2D eigenvalue weighted by Crippen LogP contribution is 2.42. The smallest absolute Gasteiger partial charge is 0.324 e. The number of rotatable bonds is 2. The topological polar surface area (TPSA) is 61.8 Å². The highest BCUT2D eigenvalue weighted by Gasteiger charge is 2.47. The van der Waals surface area contributed by atoms with Crippen molar-refractivity contribution >= 4 is 23.3 Å². The third-order valence-electron chi connectivity index (χ3n) is 5.78. The molecule has 1 spiro atoms. The fourth-order valence-corrected chi connectivity index (χ4v) is 4.04. The van der Waals surface area contributed by atoms with E-state index in [1.54, 1.807) is 0 Å². The molecule has 0 aliphatic carbocycles. The Morgan fingerprint density at radius 2 is 1.63 bits per heavy atom. The number of anilines is 1. The van der Waals surface area contributed by atoms with Crippen molar-refractivity contribution in [2.75, 3.05) is 18.4 Å². The van der Waals surface area contributed by atoms with Gasteiger partial charge >= 0.3 is 12.2 Å². The maximum absolute atomic E-state index is 13.1. The predicted octanol–water partition coefficient (Wildman–Crippen LogP) is 4.74. The molecule has 0 aromatic heterocycles. The summed E-state index contributed by atoms with van der Waals surface area (Å²) in [5, 5.41) is 2.37. The highest BCUT2D eigenvalue weighted by molar-refractivity contribution is 6.13. The summed E-state index contributed by atoms with van der Waals surface area (Å²) in [5.74, 6) is -0.177. The number of halogens is 3. The minimum atomic E-state index is -4.56. The largest absolute Gasteiger partial charge is 0.418 e. The molecule has 2 aromatic rings. The first kappa shape index (κ1) is 20.1. The Kier molecular flexibility index (Phi) is 5.09. The summed E-state index contributed by atoms with van der Waals surface area (Å²) in [7, 11) is 0. The number of amides is 3. The summed E-state index contributed by atoms with van der Waals surface area (Å²) in [6, 6.07) is 13.8. The lowest BCUT2D eigenvalue weighted by molar-refractivity contribution is -0.137. The number of likely N-dealkylation sites (tertiary alicyclic amines) is 1. The number of hydrogen-bond donors (Lipinski definition) is 1. The minimum Gasteiger partial charge on any atom is -0.324 e. The normalized spacial score (nSPS) is 18.4. The van der Waals surface area contributed by atoms with Gasteiger partial charge in [0.1, 0.15) is 0 Å². The van der Waals surface area contributed by atoms with Crippen LogP contribution in [0.2, 0.25) is 0 Å². The van der Waals surface area contributed by atoms with Crippen molar-refractivity contribution in [1.29, 1.82) is 0 Å². The molecule has 8 heteroatoms. The van der Waals surface area contributed by atoms with Crippen LogP contribution in [0.1, 0.15) is 30.4 Å². The molecule has 0 radical (unpaired) electrons. The van der Waals surface area contributed by atoms with Crippen LogP contribution in [0.5, 0.6) is 0 Å². The van der Waals surface area contributed by atoms with Crippen molar-refractivity contribution in [2.24, 2.45) is 10.4 Å². The standard InChI is InChI=1S/C22H20F3N3O2/c23-22(24,25)16-8-4-5-9-17(16)27-20(30)28-12-10-21(11-13-28)14-18(26-19(21)29)15-6-2-1-3-7-15/h1-9H,10-14H2,(H,27,30). The molecule has 2 heterocycles. The summed E-state index contributed by atoms with van der Waals surface area (Å²) < 4.78 is 39.4. The maximum Gasteiger partial charge on any atom is 0.418 e. The van der Waals surface area contributed by atoms with Gasteiger partial charge < -0.3 is 10.2 Å². The first-order valence-corrected chi connectivity index (χ1v) is 9.68. The number of piperidine rings is 1. The van der Waals surface area contributed by atoms with Gasteiger partial charge in [-0.2, -0.15) is 13.2 Å². The van der Waals surface area contributed by atoms with E-state index in [0.29, 0.717) is 19.3 Å². The number of benzene rings is 2. The zero-order valence-corrected chi connectivity index (χ0v) is 16.1. The minimum absolute atomic E-state index is 0.177. The molecule has 5 nitrogen and oxygen atoms in total. The zero-order chi connectivity index (χ0) is 21.4. The van der Waals surface area contributed by atoms with Crippen molar-refractivity contribution in [3.05, 3.63) is 65.7 Å². The molecule has 2 aromatic carbocycles. The van der Waals surface area contributed by atoms with Crippen LogP contribution >= 0.6 is 0 Å². The lowest BCUT2D eigenvalue weighted by atomic mass is 9.75. The Hall–Kier alpha value is -3.16. The van der Waals surface area contributed by atoms with E-state index in [2.05, 4.69) is 10.3 Å². The van der Waals surface area contributed by atoms with Crippen molar-refractivity contribution in [2.45, 2.75) is 25.4 Å². The van der Waals surface area contributed by atoms with Gasteiger partial charge in [0.05, 0.1) is 22.4 Å². The number of nitrogens with zero attached hydrogens (tertiary/aromatic N) is 2. The van der Waals surface area contributed by atoms with Gasteiger partial charge in [0.25, 0.3) is 5.91 Å². The molecule has 3 amide bonds. The lowest BCUT2D eigenvalue weighted by Gasteiger charge is -2.37. The van der Waals surface area contributed by atoms with Crippen LogP contribution in [0, 0.1) is 5.41 Å². The van der Waals surface area contributed by atoms with Crippen LogP contribution in [0.4, 0.5) is 23.7 Å². The average molecular weight is 415 g/mol. The molecule has 0 saturated carbocycles. The second kappa shape index (κ2) is 7.59. The third kappa shape index (κ3) is 3.81. The van der Waals surface area contributed by atoms with Crippen molar-refractivity contribution in [3.8, 4) is 0 Å². The van der Waals surface area contributed by atoms with E-state index in [-0.39, 0.29) is 24.7 Å². The fraction of sp³-hybridized carbons (Fsp3) is 0.318. The molecule has 1 fully saturated rings. The first-order chi connectivity index (χ1) is 14.3. The van der Waals surface area contributed by atoms with Crippen LogP contribution in [0.25, 0.3) is 0 Å². The molecular weight excluding hydrogens is 395 g/mol. The van der Waals surface area contributed by atoms with E-state index < -0.39 is 23.2 Å². The van der Waals surface area contributed by atoms with E-state index >= 15 is 0 Å². The number of para-hydroxylation sites is 1. The van der Waals surface area contributed by atoms with E-state index in [1.165, 1.54) is 23.1 Å². The number of carbonyl (C=O) groups excluding carboxylic acids is 2. The summed E-state index contributed by atoms with van der Waals surface area (Å²) in [5.41, 5.74) is -0.142. The summed E-state index contributed by atoms with van der Waals surface area (Å²) in [6.07, 6.45) is -3.18. The molecule has 30 heavy (non-hydrogen) atoms. The van der Waals surface area contributed by atoms with Crippen molar-refractivity contribution in [1.82, 2.24) is 4.90 Å². The quantitative estimate of drug-likeness (QED) is 0.770. The van der Waals surface area contributed by atoms with Crippen LogP contribution in [-0.4, -0.2) is 35.6 Å². The van der Waals surface area contributed by atoms with Gasteiger partial charge in [0.2, 0.25) is 0 Å². The van der Waals surface area contributed by atoms with Gasteiger partial charge in [0.15, 0.2) is 0 Å². The number of hydrogen-bond acceptors (Lipinski definition) is 2. The number of alkyl halides is 3. The van der Waals surface area contributed by atoms with Gasteiger partial charge in [0, 0.05) is 19.5 Å². The van der Waals surface area contributed by atoms with Crippen LogP contribution in [-0.2, 0) is 11.0 Å². The van der Waals surface area contributed by atoms with Gasteiger partial charge in [-0.1, -0.05) is 42.5 Å². The average Bonchev–Trinajstić information content (AvgIpc) is 3.04. The molecule has 0 atom stereocenters. The Morgan fingerprint density at radius 3 is 2.30 bits per heavy atom. The predicted molar refractivity (Wildman–Crippen MR) is 106 cm³/mol. The van der Waals surface area contributed by atoms with Crippen molar-refractivity contribution < 1.29 is 22.8 Å². The third-order valence-corrected chi connectivity index (χ3v) is 5.78. The maximum atomic E-state index is 13.1. The van der Waals surface area contributed by atoms with E-state index in [9.17, 15) is 22.8 Å². The molecule has 156 valence electrons. The van der Waals surface area contributed by atoms with Gasteiger partial charge in [-0.15, -0.1) is 0 Å². The van der Waals surface area contributed by atoms with Gasteiger partial charge in [-0.25, -0.2) is 9.79 Å². The first-order valence-electron chi connectivity index (χ1n) is 9.68. The number of nitrogens with one attached hydrogen (secondary N) is 1. The second-order valence-corrected chi connectivity index (χ2v) is 7.65. The molecular formula is C22H20F3N3O2. The number of urea groups is 1. The molecule has 1 N–H and O–H groups in total. The Balaban J connectivity index is 1.41. The Bertz CT molecular complexity index is 994. The van der Waals surface area contributed by atoms with Crippen LogP contribution in [0.15, 0.2) is 59.6 Å². The van der Waals surface area contributed by atoms with E-state index in [4.69, 9.17) is 0 Å². The lowest BCUT2D eigenvalue weighted by Crippen LogP contribution is -2.46. The second-order valence-electron chi connectivity index (χ2n) is 7.65. The van der Waals surface area contributed by atoms with Crippen molar-refractivity contribution in [3.63, 3.8) is 0 Å². The molecule has 2 aliphatic heterocycles. The molecule has 2 aliphatic rings. The van der Waals surface area contributed by atoms with Crippen LogP contribution in [0.3, 0.4) is 0 Å². The summed E-state index contributed by atoms with van der Waals surface area (Å²) >= 11 is 0. The number of aliphatic imine (C=N–C) groups is 1. The Labute approximate surface area is 171 Å². The highest BCUT2D eigenvalue weighted by atomic mass is 19.4. The van der Waals surface area contributed by atoms with Crippen LogP contribution < -0.4 is 5.32 Å². The monoisotopic (exact) mass is 415 g/mol. The molecule has 0 unspecified atom stereocenters. The van der Waals surface area contributed by atoms with E-state index in [0.717, 1.165) is 17.3 Å². The summed E-state index contributed by atoms with van der Waals surface area (Å²) in [6.45, 7) is 0.562. The summed E-state index contributed by atoms with van der Waals surface area (Å²) in [4.78, 5) is 30.9.